The summed E-state index contributed by atoms with van der Waals surface area (Å²) in [5, 5.41) is 3.60. The van der Waals surface area contributed by atoms with Gasteiger partial charge >= 0.3 is 18.0 Å². The Morgan fingerprint density at radius 3 is 1.78 bits per heavy atom. The average Bonchev–Trinajstić information content (AvgIpc) is 2.54. The highest BCUT2D eigenvalue weighted by atomic mass is 79.9. The summed E-state index contributed by atoms with van der Waals surface area (Å²) in [4.78, 5) is 36.7. The maximum Gasteiger partial charge on any atom is 0.398 e. The van der Waals surface area contributed by atoms with Crippen LogP contribution >= 0.6 is 63.7 Å². The molecule has 0 radical (unpaired) electrons. The Bertz CT molecular complexity index is 448. The Morgan fingerprint density at radius 1 is 1.00 bits per heavy atom. The molecule has 0 rings (SSSR count). The molecule has 0 bridgehead atoms. The summed E-state index contributed by atoms with van der Waals surface area (Å²) < 4.78 is 14.2. The Morgan fingerprint density at radius 2 is 1.43 bits per heavy atom. The second-order valence-corrected chi connectivity index (χ2v) is 7.60. The minimum atomic E-state index is -1.97. The lowest BCUT2D eigenvalue weighted by Gasteiger charge is -2.16. The van der Waals surface area contributed by atoms with E-state index in [0.717, 1.165) is 0 Å². The number of ether oxygens (including phenoxy) is 3. The van der Waals surface area contributed by atoms with Crippen LogP contribution in [-0.2, 0) is 23.8 Å². The van der Waals surface area contributed by atoms with Gasteiger partial charge in [-0.05, 0) is 5.53 Å². The molecule has 130 valence electrons. The Kier molecular flexibility index (Phi) is 12.8. The van der Waals surface area contributed by atoms with E-state index in [0.29, 0.717) is 10.7 Å². The fourth-order valence-electron chi connectivity index (χ4n) is 0.939. The molecule has 9 nitrogen and oxygen atoms in total. The van der Waals surface area contributed by atoms with Gasteiger partial charge in [-0.2, -0.15) is 0 Å². The number of azide groups is 1. The first-order valence-electron chi connectivity index (χ1n) is 5.84. The van der Waals surface area contributed by atoms with Crippen LogP contribution in [0.1, 0.15) is 0 Å². The van der Waals surface area contributed by atoms with Gasteiger partial charge in [0.15, 0.2) is 0 Å². The van der Waals surface area contributed by atoms with Crippen LogP contribution < -0.4 is 0 Å². The molecule has 0 heterocycles. The molecule has 0 aliphatic carbocycles. The molecule has 0 aliphatic rings. The summed E-state index contributed by atoms with van der Waals surface area (Å²) in [7, 11) is 0. The molecule has 0 fully saturated rings. The third-order valence-corrected chi connectivity index (χ3v) is 6.40. The molecule has 2 atom stereocenters. The highest BCUT2D eigenvalue weighted by Crippen LogP contribution is 2.09. The van der Waals surface area contributed by atoms with Crippen molar-refractivity contribution in [3.63, 3.8) is 0 Å². The van der Waals surface area contributed by atoms with E-state index in [1.807, 2.05) is 0 Å². The lowest BCUT2D eigenvalue weighted by molar-refractivity contribution is -0.168. The Labute approximate surface area is 164 Å². The predicted octanol–water partition coefficient (Wildman–Crippen LogP) is 3.21. The molecule has 0 N–H and O–H groups in total. The number of nitrogens with zero attached hydrogens (tertiary/aromatic N) is 3. The molecule has 13 heteroatoms. The molecule has 0 aromatic carbocycles. The van der Waals surface area contributed by atoms with Crippen molar-refractivity contribution in [2.24, 2.45) is 5.11 Å². The van der Waals surface area contributed by atoms with Crippen LogP contribution in [0, 0.1) is 0 Å². The third-order valence-electron chi connectivity index (χ3n) is 1.92. The van der Waals surface area contributed by atoms with Crippen molar-refractivity contribution in [1.29, 1.82) is 0 Å². The first-order valence-corrected chi connectivity index (χ1v) is 9.92. The summed E-state index contributed by atoms with van der Waals surface area (Å²) in [6.45, 7) is -0.148. The third kappa shape index (κ3) is 10.2. The van der Waals surface area contributed by atoms with Crippen LogP contribution in [-0.4, -0.2) is 57.7 Å². The van der Waals surface area contributed by atoms with E-state index in [1.165, 1.54) is 0 Å². The lowest BCUT2D eigenvalue weighted by atomic mass is 10.3. The number of carbonyl (C=O) groups excluding carboxylic acids is 3. The maximum absolute atomic E-state index is 11.9. The standard InChI is InChI=1S/C10H11Br4N3O6/c11-1-5(13)3-21-8(18)7(23-10(20)16-17-15)9(19)22-4-6(14)2-12/h5-7H,1-4H2. The fourth-order valence-corrected chi connectivity index (χ4v) is 1.58. The second kappa shape index (κ2) is 13.0. The lowest BCUT2D eigenvalue weighted by Crippen LogP contribution is -2.39. The van der Waals surface area contributed by atoms with E-state index in [4.69, 9.17) is 15.0 Å². The SMILES string of the molecule is [N-]=[N+]=NC(=O)OC(C(=O)OCC(Br)CBr)C(=O)OCC(Br)CBr. The normalized spacial score (nSPS) is 13.9. The monoisotopic (exact) mass is 585 g/mol. The van der Waals surface area contributed by atoms with Gasteiger partial charge in [0.25, 0.3) is 6.10 Å². The van der Waals surface area contributed by atoms with E-state index < -0.39 is 24.1 Å². The first kappa shape index (κ1) is 22.6. The van der Waals surface area contributed by atoms with Gasteiger partial charge in [-0.1, -0.05) is 63.7 Å². The summed E-state index contributed by atoms with van der Waals surface area (Å²) >= 11 is 12.7. The van der Waals surface area contributed by atoms with E-state index >= 15 is 0 Å². The highest BCUT2D eigenvalue weighted by Gasteiger charge is 2.34. The zero-order valence-electron chi connectivity index (χ0n) is 11.4. The molecule has 23 heavy (non-hydrogen) atoms. The molecule has 0 aromatic heterocycles. The van der Waals surface area contributed by atoms with Gasteiger partial charge in [-0.15, -0.1) is 0 Å². The van der Waals surface area contributed by atoms with E-state index in [-0.39, 0.29) is 22.9 Å². The van der Waals surface area contributed by atoms with Crippen LogP contribution in [0.25, 0.3) is 10.4 Å². The van der Waals surface area contributed by atoms with E-state index in [9.17, 15) is 14.4 Å². The number of hydrogen-bond donors (Lipinski definition) is 0. The molecule has 0 saturated heterocycles. The predicted molar refractivity (Wildman–Crippen MR) is 94.4 cm³/mol. The maximum atomic E-state index is 11.9. The highest BCUT2D eigenvalue weighted by molar-refractivity contribution is 9.12. The summed E-state index contributed by atoms with van der Waals surface area (Å²) in [5.74, 6) is -2.27. The molecular weight excluding hydrogens is 578 g/mol. The number of esters is 2. The van der Waals surface area contributed by atoms with Crippen molar-refractivity contribution in [3.8, 4) is 0 Å². The number of amides is 1. The zero-order valence-corrected chi connectivity index (χ0v) is 17.7. The topological polar surface area (TPSA) is 128 Å². The van der Waals surface area contributed by atoms with Crippen molar-refractivity contribution in [1.82, 2.24) is 0 Å². The Balaban J connectivity index is 4.84. The van der Waals surface area contributed by atoms with Crippen molar-refractivity contribution in [2.75, 3.05) is 23.9 Å². The summed E-state index contributed by atoms with van der Waals surface area (Å²) in [6.07, 6.45) is -3.42. The van der Waals surface area contributed by atoms with Gasteiger partial charge in [0, 0.05) is 20.7 Å². The number of hydrogen-bond acceptors (Lipinski definition) is 6. The van der Waals surface area contributed by atoms with Crippen LogP contribution in [0.3, 0.4) is 0 Å². The molecular formula is C10H11Br4N3O6. The quantitative estimate of drug-likeness (QED) is 0.0774. The molecule has 0 spiro atoms. The van der Waals surface area contributed by atoms with E-state index in [2.05, 4.69) is 78.5 Å². The smallest absolute Gasteiger partial charge is 0.398 e. The van der Waals surface area contributed by atoms with Crippen molar-refractivity contribution in [3.05, 3.63) is 10.4 Å². The van der Waals surface area contributed by atoms with Gasteiger partial charge in [0.05, 0.1) is 9.65 Å². The zero-order chi connectivity index (χ0) is 17.8. The van der Waals surface area contributed by atoms with Crippen molar-refractivity contribution >= 4 is 81.8 Å². The van der Waals surface area contributed by atoms with Crippen LogP contribution in [0.15, 0.2) is 5.11 Å². The first-order chi connectivity index (χ1) is 10.8. The van der Waals surface area contributed by atoms with Crippen LogP contribution in [0.2, 0.25) is 0 Å². The number of rotatable bonds is 9. The summed E-state index contributed by atoms with van der Waals surface area (Å²) in [5.41, 5.74) is 8.15. The van der Waals surface area contributed by atoms with Gasteiger partial charge in [0.2, 0.25) is 0 Å². The van der Waals surface area contributed by atoms with Gasteiger partial charge < -0.3 is 14.2 Å². The average molecular weight is 589 g/mol. The van der Waals surface area contributed by atoms with E-state index in [1.54, 1.807) is 0 Å². The molecule has 0 saturated carbocycles. The Hall–Kier alpha value is -0.360. The van der Waals surface area contributed by atoms with Gasteiger partial charge in [0.1, 0.15) is 13.2 Å². The number of alkyl halides is 4. The molecule has 2 unspecified atom stereocenters. The molecule has 0 aliphatic heterocycles. The number of halogens is 4. The van der Waals surface area contributed by atoms with Crippen molar-refractivity contribution < 1.29 is 28.6 Å². The second-order valence-electron chi connectivity index (χ2n) is 3.72. The van der Waals surface area contributed by atoms with Crippen LogP contribution in [0.5, 0.6) is 0 Å². The minimum absolute atomic E-state index is 0.0740. The van der Waals surface area contributed by atoms with Gasteiger partial charge in [-0.3, -0.25) is 0 Å². The summed E-state index contributed by atoms with van der Waals surface area (Å²) in [6, 6.07) is 0. The van der Waals surface area contributed by atoms with Crippen molar-refractivity contribution in [2.45, 2.75) is 15.8 Å². The minimum Gasteiger partial charge on any atom is -0.461 e. The number of carbonyl (C=O) groups is 3. The fraction of sp³-hybridized carbons (Fsp3) is 0.700. The molecule has 1 amide bonds. The van der Waals surface area contributed by atoms with Gasteiger partial charge in [-0.25, -0.2) is 14.4 Å². The molecule has 0 aromatic rings. The van der Waals surface area contributed by atoms with Crippen LogP contribution in [0.4, 0.5) is 4.79 Å². The largest absolute Gasteiger partial charge is 0.461 e.